The first-order chi connectivity index (χ1) is 11.4. The summed E-state index contributed by atoms with van der Waals surface area (Å²) in [6.07, 6.45) is 1.02. The molecular weight excluding hydrogens is 460 g/mol. The van der Waals surface area contributed by atoms with Gasteiger partial charge in [-0.3, -0.25) is 4.99 Å². The Hall–Kier alpha value is -0.940. The number of aliphatic imine (C=N–C) groups is 1. The summed E-state index contributed by atoms with van der Waals surface area (Å²) in [5.74, 6) is 0.148. The van der Waals surface area contributed by atoms with Crippen LogP contribution in [0.2, 0.25) is 0 Å². The number of ether oxygens (including phenoxy) is 1. The largest absolute Gasteiger partial charge is 0.381 e. The first kappa shape index (κ1) is 22.1. The molecule has 1 fully saturated rings. The lowest BCUT2D eigenvalue weighted by atomic mass is 10.1. The van der Waals surface area contributed by atoms with Gasteiger partial charge in [-0.15, -0.1) is 24.0 Å². The van der Waals surface area contributed by atoms with Crippen LogP contribution in [-0.4, -0.2) is 65.4 Å². The Morgan fingerprint density at radius 3 is 2.76 bits per heavy atom. The van der Waals surface area contributed by atoms with Gasteiger partial charge in [-0.25, -0.2) is 12.8 Å². The number of sulfone groups is 1. The highest BCUT2D eigenvalue weighted by atomic mass is 127. The monoisotopic (exact) mass is 485 g/mol. The fraction of sp³-hybridized carbons (Fsp3) is 0.562. The van der Waals surface area contributed by atoms with Crippen LogP contribution in [0.3, 0.4) is 0 Å². The quantitative estimate of drug-likeness (QED) is 0.378. The van der Waals surface area contributed by atoms with Crippen LogP contribution in [0.5, 0.6) is 0 Å². The van der Waals surface area contributed by atoms with Crippen molar-refractivity contribution in [2.75, 3.05) is 46.2 Å². The molecule has 25 heavy (non-hydrogen) atoms. The van der Waals surface area contributed by atoms with Crippen molar-refractivity contribution in [3.8, 4) is 0 Å². The van der Waals surface area contributed by atoms with Crippen molar-refractivity contribution >= 4 is 39.8 Å². The van der Waals surface area contributed by atoms with Crippen LogP contribution in [0.1, 0.15) is 6.42 Å². The SMILES string of the molecule is CN=C(NCCS(=O)(=O)c1ccccc1F)N(C)CC1CCOC1.I. The molecule has 0 saturated carbocycles. The summed E-state index contributed by atoms with van der Waals surface area (Å²) >= 11 is 0. The highest BCUT2D eigenvalue weighted by molar-refractivity contribution is 14.0. The lowest BCUT2D eigenvalue weighted by Gasteiger charge is -2.24. The van der Waals surface area contributed by atoms with Gasteiger partial charge in [0, 0.05) is 39.7 Å². The van der Waals surface area contributed by atoms with Crippen molar-refractivity contribution < 1.29 is 17.5 Å². The van der Waals surface area contributed by atoms with E-state index >= 15 is 0 Å². The van der Waals surface area contributed by atoms with E-state index in [-0.39, 0.29) is 41.2 Å². The molecule has 0 spiro atoms. The molecule has 0 bridgehead atoms. The number of benzene rings is 1. The Bertz CT molecular complexity index is 679. The first-order valence-corrected chi connectivity index (χ1v) is 9.56. The molecule has 1 unspecified atom stereocenters. The third-order valence-corrected chi connectivity index (χ3v) is 5.70. The standard InChI is InChI=1S/C16H24FN3O3S.HI/c1-18-16(20(2)11-13-7-9-23-12-13)19-8-10-24(21,22)15-6-4-3-5-14(15)17;/h3-6,13H,7-12H2,1-2H3,(H,18,19);1H. The maximum absolute atomic E-state index is 13.6. The Labute approximate surface area is 165 Å². The van der Waals surface area contributed by atoms with E-state index in [1.807, 2.05) is 11.9 Å². The van der Waals surface area contributed by atoms with Crippen molar-refractivity contribution in [3.05, 3.63) is 30.1 Å². The van der Waals surface area contributed by atoms with E-state index in [4.69, 9.17) is 4.74 Å². The Kier molecular flexibility index (Phi) is 9.08. The Morgan fingerprint density at radius 2 is 2.16 bits per heavy atom. The van der Waals surface area contributed by atoms with Gasteiger partial charge in [0.2, 0.25) is 0 Å². The second kappa shape index (κ2) is 10.3. The minimum absolute atomic E-state index is 0. The molecule has 1 aromatic carbocycles. The van der Waals surface area contributed by atoms with Crippen molar-refractivity contribution in [1.82, 2.24) is 10.2 Å². The van der Waals surface area contributed by atoms with Gasteiger partial charge >= 0.3 is 0 Å². The number of nitrogens with zero attached hydrogens (tertiary/aromatic N) is 2. The third kappa shape index (κ3) is 6.37. The van der Waals surface area contributed by atoms with Gasteiger partial charge in [0.25, 0.3) is 0 Å². The van der Waals surface area contributed by atoms with Crippen molar-refractivity contribution in [3.63, 3.8) is 0 Å². The molecule has 1 heterocycles. The van der Waals surface area contributed by atoms with E-state index in [1.165, 1.54) is 18.2 Å². The summed E-state index contributed by atoms with van der Waals surface area (Å²) in [7, 11) is -0.124. The summed E-state index contributed by atoms with van der Waals surface area (Å²) in [6, 6.07) is 5.41. The van der Waals surface area contributed by atoms with Crippen LogP contribution in [0, 0.1) is 11.7 Å². The van der Waals surface area contributed by atoms with Crippen molar-refractivity contribution in [2.45, 2.75) is 11.3 Å². The normalized spacial score (nSPS) is 17.9. The van der Waals surface area contributed by atoms with E-state index in [0.29, 0.717) is 11.9 Å². The number of rotatable bonds is 6. The maximum Gasteiger partial charge on any atom is 0.193 e. The summed E-state index contributed by atoms with van der Waals surface area (Å²) in [5.41, 5.74) is 0. The molecule has 9 heteroatoms. The maximum atomic E-state index is 13.6. The van der Waals surface area contributed by atoms with Crippen LogP contribution < -0.4 is 5.32 Å². The Morgan fingerprint density at radius 1 is 1.44 bits per heavy atom. The van der Waals surface area contributed by atoms with Crippen LogP contribution in [-0.2, 0) is 14.6 Å². The smallest absolute Gasteiger partial charge is 0.193 e. The fourth-order valence-corrected chi connectivity index (χ4v) is 3.93. The summed E-state index contributed by atoms with van der Waals surface area (Å²) in [5, 5.41) is 3.02. The molecule has 1 aliphatic heterocycles. The van der Waals surface area contributed by atoms with Gasteiger partial charge in [-0.1, -0.05) is 12.1 Å². The highest BCUT2D eigenvalue weighted by Crippen LogP contribution is 2.15. The number of halogens is 2. The minimum Gasteiger partial charge on any atom is -0.381 e. The van der Waals surface area contributed by atoms with Gasteiger partial charge in [-0.05, 0) is 18.6 Å². The van der Waals surface area contributed by atoms with Crippen LogP contribution >= 0.6 is 24.0 Å². The van der Waals surface area contributed by atoms with Gasteiger partial charge in [-0.2, -0.15) is 0 Å². The number of hydrogen-bond donors (Lipinski definition) is 1. The van der Waals surface area contributed by atoms with Gasteiger partial charge in [0.1, 0.15) is 10.7 Å². The third-order valence-electron chi connectivity index (χ3n) is 3.96. The molecule has 1 aliphatic rings. The molecule has 0 aromatic heterocycles. The summed E-state index contributed by atoms with van der Waals surface area (Å²) in [4.78, 5) is 5.85. The molecule has 1 saturated heterocycles. The minimum atomic E-state index is -3.67. The van der Waals surface area contributed by atoms with Gasteiger partial charge in [0.05, 0.1) is 12.4 Å². The zero-order valence-electron chi connectivity index (χ0n) is 14.4. The van der Waals surface area contributed by atoms with Crippen molar-refractivity contribution in [1.29, 1.82) is 0 Å². The molecule has 0 amide bonds. The zero-order valence-corrected chi connectivity index (χ0v) is 17.6. The van der Waals surface area contributed by atoms with Crippen molar-refractivity contribution in [2.24, 2.45) is 10.9 Å². The molecule has 0 aliphatic carbocycles. The van der Waals surface area contributed by atoms with E-state index < -0.39 is 15.7 Å². The molecule has 1 aromatic rings. The zero-order chi connectivity index (χ0) is 17.6. The summed E-state index contributed by atoms with van der Waals surface area (Å²) < 4.78 is 43.4. The van der Waals surface area contributed by atoms with Crippen LogP contribution in [0.4, 0.5) is 4.39 Å². The molecule has 6 nitrogen and oxygen atoms in total. The van der Waals surface area contributed by atoms with E-state index in [9.17, 15) is 12.8 Å². The van der Waals surface area contributed by atoms with Gasteiger partial charge < -0.3 is 15.0 Å². The van der Waals surface area contributed by atoms with Crippen LogP contribution in [0.15, 0.2) is 34.2 Å². The Balaban J connectivity index is 0.00000312. The molecular formula is C16H25FIN3O3S. The molecule has 142 valence electrons. The average Bonchev–Trinajstić information content (AvgIpc) is 3.04. The molecule has 1 N–H and O–H groups in total. The predicted molar refractivity (Wildman–Crippen MR) is 107 cm³/mol. The highest BCUT2D eigenvalue weighted by Gasteiger charge is 2.21. The molecule has 0 radical (unpaired) electrons. The van der Waals surface area contributed by atoms with Crippen LogP contribution in [0.25, 0.3) is 0 Å². The van der Waals surface area contributed by atoms with E-state index in [1.54, 1.807) is 7.05 Å². The summed E-state index contributed by atoms with van der Waals surface area (Å²) in [6.45, 7) is 2.48. The number of guanidine groups is 1. The lowest BCUT2D eigenvalue weighted by Crippen LogP contribution is -2.43. The number of nitrogens with one attached hydrogen (secondary N) is 1. The second-order valence-corrected chi connectivity index (χ2v) is 7.91. The topological polar surface area (TPSA) is 71.0 Å². The predicted octanol–water partition coefficient (Wildman–Crippen LogP) is 1.76. The van der Waals surface area contributed by atoms with E-state index in [2.05, 4.69) is 10.3 Å². The molecule has 2 rings (SSSR count). The first-order valence-electron chi connectivity index (χ1n) is 7.91. The second-order valence-electron chi connectivity index (χ2n) is 5.83. The van der Waals surface area contributed by atoms with Gasteiger partial charge in [0.15, 0.2) is 15.8 Å². The molecule has 1 atom stereocenters. The average molecular weight is 485 g/mol. The van der Waals surface area contributed by atoms with E-state index in [0.717, 1.165) is 32.2 Å². The fourth-order valence-electron chi connectivity index (χ4n) is 2.69. The lowest BCUT2D eigenvalue weighted by molar-refractivity contribution is 0.181. The number of hydrogen-bond acceptors (Lipinski definition) is 4.